The minimum absolute atomic E-state index is 0. The monoisotopic (exact) mass is 673 g/mol. The number of carbonyl (C=O) groups is 4. The first-order chi connectivity index (χ1) is 23.1. The number of carboxylic acids is 1. The summed E-state index contributed by atoms with van der Waals surface area (Å²) in [4.78, 5) is 56.4. The van der Waals surface area contributed by atoms with Crippen LogP contribution in [-0.4, -0.2) is 100 Å². The molecule has 2 aliphatic heterocycles. The predicted octanol–water partition coefficient (Wildman–Crippen LogP) is 5.00. The summed E-state index contributed by atoms with van der Waals surface area (Å²) in [6.45, 7) is 5.01. The van der Waals surface area contributed by atoms with Gasteiger partial charge in [-0.1, -0.05) is 18.2 Å². The number of nitrogens with zero attached hydrogens (tertiary/aromatic N) is 2. The first-order valence-electron chi connectivity index (χ1n) is 15.8. The van der Waals surface area contributed by atoms with Gasteiger partial charge >= 0.3 is 35.5 Å². The molecule has 4 aromatic rings. The Balaban J connectivity index is 0.00000468. The van der Waals surface area contributed by atoms with E-state index in [1.807, 2.05) is 26.0 Å². The molecule has 0 aliphatic carbocycles. The number of ketones is 1. The molecular formula is C37H36N3NaO8. The van der Waals surface area contributed by atoms with Gasteiger partial charge in [0.15, 0.2) is 5.78 Å². The molecule has 1 aromatic heterocycles. The Morgan fingerprint density at radius 3 is 2.16 bits per heavy atom. The van der Waals surface area contributed by atoms with E-state index in [1.54, 1.807) is 47.4 Å². The Morgan fingerprint density at radius 2 is 1.53 bits per heavy atom. The first-order valence-corrected chi connectivity index (χ1v) is 15.8. The van der Waals surface area contributed by atoms with Gasteiger partial charge in [0.05, 0.1) is 36.3 Å². The van der Waals surface area contributed by atoms with Crippen LogP contribution < -0.4 is 19.9 Å². The van der Waals surface area contributed by atoms with Gasteiger partial charge in [-0.05, 0) is 67.4 Å². The van der Waals surface area contributed by atoms with Gasteiger partial charge in [-0.2, -0.15) is 0 Å². The molecule has 2 aliphatic rings. The number of hydrogen-bond donors (Lipinski definition) is 2. The Bertz CT molecular complexity index is 1910. The summed E-state index contributed by atoms with van der Waals surface area (Å²) < 4.78 is 18.4. The Kier molecular flexibility index (Phi) is 10.8. The van der Waals surface area contributed by atoms with Gasteiger partial charge in [-0.15, -0.1) is 0 Å². The van der Waals surface area contributed by atoms with Crippen molar-refractivity contribution >= 4 is 53.1 Å². The van der Waals surface area contributed by atoms with Crippen LogP contribution in [0.5, 0.6) is 17.2 Å². The molecule has 0 bridgehead atoms. The van der Waals surface area contributed by atoms with Crippen LogP contribution >= 0.6 is 0 Å². The van der Waals surface area contributed by atoms with Gasteiger partial charge in [0.1, 0.15) is 22.8 Å². The molecule has 0 saturated carbocycles. The van der Waals surface area contributed by atoms with Crippen LogP contribution in [-0.2, 0) is 0 Å². The molecule has 1 spiro atoms. The van der Waals surface area contributed by atoms with Crippen LogP contribution in [0.3, 0.4) is 0 Å². The second-order valence-electron chi connectivity index (χ2n) is 11.8. The third-order valence-corrected chi connectivity index (χ3v) is 8.72. The number of rotatable bonds is 9. The molecule has 248 valence electrons. The number of benzene rings is 3. The number of hydrogen-bond acceptors (Lipinski definition) is 8. The van der Waals surface area contributed by atoms with E-state index in [0.29, 0.717) is 84.2 Å². The summed E-state index contributed by atoms with van der Waals surface area (Å²) in [7, 11) is 0. The second kappa shape index (κ2) is 14.8. The third kappa shape index (κ3) is 7.34. The van der Waals surface area contributed by atoms with E-state index in [-0.39, 0.29) is 53.2 Å². The number of pyridine rings is 1. The molecule has 2 amide bonds. The maximum absolute atomic E-state index is 13.9. The van der Waals surface area contributed by atoms with Crippen molar-refractivity contribution in [3.63, 3.8) is 0 Å². The molecule has 49 heavy (non-hydrogen) atoms. The fourth-order valence-electron chi connectivity index (χ4n) is 6.33. The fourth-order valence-corrected chi connectivity index (χ4v) is 6.33. The second-order valence-corrected chi connectivity index (χ2v) is 11.8. The van der Waals surface area contributed by atoms with E-state index in [1.165, 1.54) is 18.5 Å². The van der Waals surface area contributed by atoms with E-state index < -0.39 is 17.5 Å². The van der Waals surface area contributed by atoms with Crippen molar-refractivity contribution in [1.82, 2.24) is 9.88 Å². The topological polar surface area (TPSA) is 158 Å². The number of fused-ring (bicyclic) bond motifs is 1. The van der Waals surface area contributed by atoms with Crippen LogP contribution in [0.15, 0.2) is 73.1 Å². The molecule has 12 heteroatoms. The average Bonchev–Trinajstić information content (AvgIpc) is 3.08. The Labute approximate surface area is 305 Å². The van der Waals surface area contributed by atoms with Crippen molar-refractivity contribution in [1.29, 1.82) is 0 Å². The predicted molar refractivity (Wildman–Crippen MR) is 184 cm³/mol. The summed E-state index contributed by atoms with van der Waals surface area (Å²) in [6.07, 6.45) is 3.92. The molecule has 11 nitrogen and oxygen atoms in total. The minimum atomic E-state index is -1.11. The van der Waals surface area contributed by atoms with Crippen molar-refractivity contribution < 1.29 is 38.5 Å². The molecule has 1 saturated heterocycles. The van der Waals surface area contributed by atoms with Gasteiger partial charge in [-0.3, -0.25) is 19.4 Å². The van der Waals surface area contributed by atoms with E-state index in [0.717, 1.165) is 11.1 Å². The summed E-state index contributed by atoms with van der Waals surface area (Å²) in [5.41, 5.74) is 8.52. The van der Waals surface area contributed by atoms with Crippen molar-refractivity contribution in [2.45, 2.75) is 38.7 Å². The summed E-state index contributed by atoms with van der Waals surface area (Å²) in [6, 6.07) is 17.2. The number of aromatic carboxylic acids is 1. The standard InChI is InChI=1S/C37H35N3O8.Na.H/c1-3-46-31-17-25(18-32(47-4-2)33(31)26-15-27(36(44)45)21-39-20-26)35(43)40-12-10-37(11-13-40)19-29(41)28-16-23(8-9-30(28)48-37)22-6-5-7-24(14-22)34(38)42;;/h5-9,14-18,20-21H,3-4,10-13,19H2,1-2H3,(H2,38,42)(H,44,45);;. The molecule has 3 aromatic carbocycles. The molecule has 0 atom stereocenters. The molecule has 0 unspecified atom stereocenters. The zero-order valence-electron chi connectivity index (χ0n) is 26.7. The van der Waals surface area contributed by atoms with Crippen LogP contribution in [0.25, 0.3) is 22.3 Å². The number of aromatic nitrogens is 1. The van der Waals surface area contributed by atoms with E-state index in [4.69, 9.17) is 19.9 Å². The van der Waals surface area contributed by atoms with Crippen LogP contribution in [0.4, 0.5) is 0 Å². The van der Waals surface area contributed by atoms with E-state index >= 15 is 0 Å². The Hall–Kier alpha value is -4.71. The van der Waals surface area contributed by atoms with Gasteiger partial charge in [0.25, 0.3) is 5.91 Å². The average molecular weight is 674 g/mol. The number of amides is 2. The number of carboxylic acid groups (broad SMARTS) is 1. The molecule has 3 heterocycles. The van der Waals surface area contributed by atoms with Crippen LogP contribution in [0.2, 0.25) is 0 Å². The van der Waals surface area contributed by atoms with Crippen molar-refractivity contribution in [3.05, 3.63) is 95.3 Å². The van der Waals surface area contributed by atoms with Crippen molar-refractivity contribution in [2.24, 2.45) is 5.73 Å². The zero-order chi connectivity index (χ0) is 34.0. The SMILES string of the molecule is CCOc1cc(C(=O)N2CCC3(CC2)CC(=O)c2cc(-c4cccc(C(N)=O)c4)ccc2O3)cc(OCC)c1-c1cncc(C(=O)O)c1.[NaH]. The number of Topliss-reactive ketones (excluding diaryl/α,β-unsaturated/α-hetero) is 1. The van der Waals surface area contributed by atoms with Gasteiger partial charge in [0, 0.05) is 55.0 Å². The van der Waals surface area contributed by atoms with Gasteiger partial charge < -0.3 is 30.0 Å². The number of primary amides is 1. The first kappa shape index (κ1) is 35.6. The molecule has 1 fully saturated rings. The summed E-state index contributed by atoms with van der Waals surface area (Å²) in [5, 5.41) is 9.50. The number of nitrogens with two attached hydrogens (primary N) is 1. The quantitative estimate of drug-likeness (QED) is 0.233. The molecular weight excluding hydrogens is 637 g/mol. The molecule has 0 radical (unpaired) electrons. The summed E-state index contributed by atoms with van der Waals surface area (Å²) >= 11 is 0. The number of piperidine rings is 1. The third-order valence-electron chi connectivity index (χ3n) is 8.72. The maximum atomic E-state index is 13.9. The van der Waals surface area contributed by atoms with E-state index in [2.05, 4.69) is 4.98 Å². The van der Waals surface area contributed by atoms with E-state index in [9.17, 15) is 24.3 Å². The Morgan fingerprint density at radius 1 is 0.878 bits per heavy atom. The van der Waals surface area contributed by atoms with Crippen LogP contribution in [0, 0.1) is 0 Å². The van der Waals surface area contributed by atoms with Gasteiger partial charge in [0.2, 0.25) is 5.91 Å². The van der Waals surface area contributed by atoms with Gasteiger partial charge in [-0.25, -0.2) is 4.79 Å². The zero-order valence-corrected chi connectivity index (χ0v) is 26.7. The fraction of sp³-hybridized carbons (Fsp3) is 0.270. The molecule has 3 N–H and O–H groups in total. The number of likely N-dealkylation sites (tertiary alicyclic amines) is 1. The summed E-state index contributed by atoms with van der Waals surface area (Å²) in [5.74, 6) is -0.640. The normalized spacial score (nSPS) is 14.7. The van der Waals surface area contributed by atoms with Crippen molar-refractivity contribution in [2.75, 3.05) is 26.3 Å². The van der Waals surface area contributed by atoms with Crippen LogP contribution in [0.1, 0.15) is 74.5 Å². The number of carbonyl (C=O) groups excluding carboxylic acids is 3. The molecule has 6 rings (SSSR count). The van der Waals surface area contributed by atoms with Crippen molar-refractivity contribution in [3.8, 4) is 39.5 Å². The number of ether oxygens (including phenoxy) is 3.